The third kappa shape index (κ3) is 6.03. The molecule has 3 N–H and O–H groups in total. The van der Waals surface area contributed by atoms with Crippen molar-refractivity contribution in [1.82, 2.24) is 5.32 Å². The second-order valence-corrected chi connectivity index (χ2v) is 5.91. The van der Waals surface area contributed by atoms with Crippen LogP contribution in [0.15, 0.2) is 24.3 Å². The Morgan fingerprint density at radius 2 is 1.95 bits per heavy atom. The van der Waals surface area contributed by atoms with Crippen LogP contribution in [0.25, 0.3) is 0 Å². The average molecular weight is 306 g/mol. The molecule has 0 saturated heterocycles. The van der Waals surface area contributed by atoms with E-state index in [1.165, 1.54) is 39.0 Å². The highest BCUT2D eigenvalue weighted by molar-refractivity contribution is 5.88. The Kier molecular flexibility index (Phi) is 6.68. The highest BCUT2D eigenvalue weighted by Crippen LogP contribution is 2.18. The summed E-state index contributed by atoms with van der Waals surface area (Å²) in [5.41, 5.74) is 0.736. The molecule has 22 heavy (non-hydrogen) atoms. The fraction of sp³-hybridized carbons (Fsp3) is 0.588. The van der Waals surface area contributed by atoms with E-state index in [-0.39, 0.29) is 12.5 Å². The van der Waals surface area contributed by atoms with Crippen LogP contribution in [0.3, 0.4) is 0 Å². The number of benzene rings is 1. The number of carbonyl (C=O) groups is 1. The Labute approximate surface area is 132 Å². The number of ether oxygens (including phenoxy) is 1. The fourth-order valence-corrected chi connectivity index (χ4v) is 2.70. The summed E-state index contributed by atoms with van der Waals surface area (Å²) >= 11 is 0. The van der Waals surface area contributed by atoms with Crippen molar-refractivity contribution in [1.29, 1.82) is 0 Å². The third-order valence-corrected chi connectivity index (χ3v) is 3.86. The van der Waals surface area contributed by atoms with Gasteiger partial charge in [-0.1, -0.05) is 19.3 Å². The van der Waals surface area contributed by atoms with E-state index in [2.05, 4.69) is 10.6 Å². The zero-order chi connectivity index (χ0) is 15.8. The highest BCUT2D eigenvalue weighted by atomic mass is 16.5. The summed E-state index contributed by atoms with van der Waals surface area (Å²) in [7, 11) is 0. The van der Waals surface area contributed by atoms with Gasteiger partial charge in [-0.05, 0) is 37.1 Å². The lowest BCUT2D eigenvalue weighted by molar-refractivity contribution is -0.114. The first kappa shape index (κ1) is 16.8. The predicted octanol–water partition coefficient (Wildman–Crippen LogP) is 2.31. The molecule has 0 bridgehead atoms. The van der Waals surface area contributed by atoms with Crippen molar-refractivity contribution in [3.63, 3.8) is 0 Å². The molecule has 1 aromatic rings. The van der Waals surface area contributed by atoms with Crippen molar-refractivity contribution < 1.29 is 14.6 Å². The monoisotopic (exact) mass is 306 g/mol. The molecule has 1 amide bonds. The summed E-state index contributed by atoms with van der Waals surface area (Å²) in [4.78, 5) is 10.9. The highest BCUT2D eigenvalue weighted by Gasteiger charge is 2.14. The van der Waals surface area contributed by atoms with Crippen molar-refractivity contribution in [2.75, 3.05) is 18.5 Å². The minimum atomic E-state index is -0.517. The number of aliphatic hydroxyl groups is 1. The second kappa shape index (κ2) is 8.76. The number of carbonyl (C=O) groups excluding carboxylic acids is 1. The average Bonchev–Trinajstić information content (AvgIpc) is 2.53. The maximum atomic E-state index is 10.9. The van der Waals surface area contributed by atoms with Crippen LogP contribution >= 0.6 is 0 Å². The van der Waals surface area contributed by atoms with E-state index in [0.29, 0.717) is 18.3 Å². The van der Waals surface area contributed by atoms with E-state index < -0.39 is 6.10 Å². The Balaban J connectivity index is 1.66. The van der Waals surface area contributed by atoms with Gasteiger partial charge in [0.25, 0.3) is 0 Å². The van der Waals surface area contributed by atoms with E-state index in [4.69, 9.17) is 4.74 Å². The minimum Gasteiger partial charge on any atom is -0.491 e. The van der Waals surface area contributed by atoms with Gasteiger partial charge in [0.1, 0.15) is 18.5 Å². The quantitative estimate of drug-likeness (QED) is 0.723. The van der Waals surface area contributed by atoms with Gasteiger partial charge in [0, 0.05) is 25.2 Å². The molecule has 1 atom stereocenters. The fourth-order valence-electron chi connectivity index (χ4n) is 2.70. The van der Waals surface area contributed by atoms with E-state index >= 15 is 0 Å². The normalized spacial score (nSPS) is 17.0. The Bertz CT molecular complexity index is 455. The van der Waals surface area contributed by atoms with Crippen molar-refractivity contribution in [2.45, 2.75) is 51.2 Å². The van der Waals surface area contributed by atoms with Crippen LogP contribution in [0.2, 0.25) is 0 Å². The van der Waals surface area contributed by atoms with Gasteiger partial charge < -0.3 is 20.5 Å². The number of hydrogen-bond donors (Lipinski definition) is 3. The summed E-state index contributed by atoms with van der Waals surface area (Å²) in [6.07, 6.45) is 5.79. The van der Waals surface area contributed by atoms with Gasteiger partial charge in [0.2, 0.25) is 5.91 Å². The lowest BCUT2D eigenvalue weighted by atomic mass is 9.95. The number of hydrogen-bond acceptors (Lipinski definition) is 4. The van der Waals surface area contributed by atoms with Gasteiger partial charge >= 0.3 is 0 Å². The summed E-state index contributed by atoms with van der Waals surface area (Å²) in [6, 6.07) is 7.67. The van der Waals surface area contributed by atoms with Crippen molar-refractivity contribution in [3.05, 3.63) is 24.3 Å². The van der Waals surface area contributed by atoms with E-state index in [1.54, 1.807) is 24.3 Å². The molecule has 0 heterocycles. The van der Waals surface area contributed by atoms with Crippen molar-refractivity contribution in [3.8, 4) is 5.75 Å². The van der Waals surface area contributed by atoms with E-state index in [0.717, 1.165) is 5.69 Å². The maximum absolute atomic E-state index is 10.9. The van der Waals surface area contributed by atoms with Gasteiger partial charge in [-0.15, -0.1) is 0 Å². The van der Waals surface area contributed by atoms with E-state index in [1.807, 2.05) is 0 Å². The SMILES string of the molecule is CC(=O)Nc1ccc(OC[C@@H](O)CNC2CCCCC2)cc1. The Hall–Kier alpha value is -1.59. The number of aliphatic hydroxyl groups excluding tert-OH is 1. The zero-order valence-corrected chi connectivity index (χ0v) is 13.2. The molecule has 0 aliphatic heterocycles. The molecule has 2 rings (SSSR count). The predicted molar refractivity (Wildman–Crippen MR) is 87.1 cm³/mol. The summed E-state index contributed by atoms with van der Waals surface area (Å²) < 4.78 is 5.56. The number of nitrogens with one attached hydrogen (secondary N) is 2. The molecule has 1 saturated carbocycles. The van der Waals surface area contributed by atoms with Crippen molar-refractivity contribution >= 4 is 11.6 Å². The molecule has 1 fully saturated rings. The summed E-state index contributed by atoms with van der Waals surface area (Å²) in [5, 5.41) is 16.1. The first-order chi connectivity index (χ1) is 10.6. The molecule has 1 aliphatic carbocycles. The van der Waals surface area contributed by atoms with Gasteiger partial charge in [0.15, 0.2) is 0 Å². The van der Waals surface area contributed by atoms with E-state index in [9.17, 15) is 9.90 Å². The van der Waals surface area contributed by atoms with Crippen LogP contribution in [-0.2, 0) is 4.79 Å². The van der Waals surface area contributed by atoms with Crippen LogP contribution in [0.5, 0.6) is 5.75 Å². The first-order valence-corrected chi connectivity index (χ1v) is 8.05. The maximum Gasteiger partial charge on any atom is 0.221 e. The number of rotatable bonds is 7. The van der Waals surface area contributed by atoms with Gasteiger partial charge in [-0.2, -0.15) is 0 Å². The molecule has 5 nitrogen and oxygen atoms in total. The molecular weight excluding hydrogens is 280 g/mol. The third-order valence-electron chi connectivity index (χ3n) is 3.86. The lowest BCUT2D eigenvalue weighted by Gasteiger charge is -2.24. The lowest BCUT2D eigenvalue weighted by Crippen LogP contribution is -2.38. The van der Waals surface area contributed by atoms with Crippen LogP contribution in [0.1, 0.15) is 39.0 Å². The molecule has 122 valence electrons. The molecular formula is C17H26N2O3. The van der Waals surface area contributed by atoms with Gasteiger partial charge in [0.05, 0.1) is 0 Å². The zero-order valence-electron chi connectivity index (χ0n) is 13.2. The Morgan fingerprint density at radius 3 is 2.59 bits per heavy atom. The molecule has 5 heteroatoms. The Morgan fingerprint density at radius 1 is 1.27 bits per heavy atom. The topological polar surface area (TPSA) is 70.6 Å². The van der Waals surface area contributed by atoms with Crippen LogP contribution in [-0.4, -0.2) is 36.3 Å². The van der Waals surface area contributed by atoms with Crippen LogP contribution < -0.4 is 15.4 Å². The van der Waals surface area contributed by atoms with Crippen LogP contribution in [0.4, 0.5) is 5.69 Å². The number of amides is 1. The molecule has 0 radical (unpaired) electrons. The molecule has 0 unspecified atom stereocenters. The standard InChI is InChI=1S/C17H26N2O3/c1-13(20)19-15-7-9-17(10-8-15)22-12-16(21)11-18-14-5-3-2-4-6-14/h7-10,14,16,18,21H,2-6,11-12H2,1H3,(H,19,20)/t16-/m0/s1. The van der Waals surface area contributed by atoms with Crippen LogP contribution in [0, 0.1) is 0 Å². The van der Waals surface area contributed by atoms with Gasteiger partial charge in [-0.3, -0.25) is 4.79 Å². The van der Waals surface area contributed by atoms with Gasteiger partial charge in [-0.25, -0.2) is 0 Å². The largest absolute Gasteiger partial charge is 0.491 e. The summed E-state index contributed by atoms with van der Waals surface area (Å²) in [5.74, 6) is 0.587. The molecule has 0 spiro atoms. The second-order valence-electron chi connectivity index (χ2n) is 5.91. The minimum absolute atomic E-state index is 0.0992. The van der Waals surface area contributed by atoms with Crippen molar-refractivity contribution in [2.24, 2.45) is 0 Å². The first-order valence-electron chi connectivity index (χ1n) is 8.05. The summed E-state index contributed by atoms with van der Waals surface area (Å²) in [6.45, 7) is 2.30. The molecule has 0 aromatic heterocycles. The number of anilines is 1. The molecule has 1 aliphatic rings. The molecule has 1 aromatic carbocycles. The smallest absolute Gasteiger partial charge is 0.221 e.